The lowest BCUT2D eigenvalue weighted by Crippen LogP contribution is -2.49. The lowest BCUT2D eigenvalue weighted by molar-refractivity contribution is -0.871. The molecule has 2 N–H and O–H groups in total. The number of amides is 1. The fourth-order valence-corrected chi connectivity index (χ4v) is 3.32. The average molecular weight is 402 g/mol. The van der Waals surface area contributed by atoms with E-state index < -0.39 is 17.9 Å². The van der Waals surface area contributed by atoms with Gasteiger partial charge in [0, 0.05) is 5.56 Å². The molecule has 0 aliphatic carbocycles. The standard InChI is InChI=1S/C23H32N2O4/c1-5-6-7-8-17-9-11-18(12-10-17)20-13-14-21(29-20)23(28)24-19(15-22(26)27)16-25(2,3)4/h9-14,19H,5-8,15-16H2,1-4H3,(H-,24,26,27,28)/p+1/t19-/m1/s1. The predicted molar refractivity (Wildman–Crippen MR) is 114 cm³/mol. The molecule has 1 heterocycles. The van der Waals surface area contributed by atoms with Crippen molar-refractivity contribution < 1.29 is 23.6 Å². The lowest BCUT2D eigenvalue weighted by atomic mass is 10.0. The molecule has 1 amide bonds. The first-order valence-corrected chi connectivity index (χ1v) is 10.2. The first-order chi connectivity index (χ1) is 13.7. The van der Waals surface area contributed by atoms with E-state index in [2.05, 4.69) is 24.4 Å². The Morgan fingerprint density at radius 1 is 1.07 bits per heavy atom. The number of rotatable bonds is 11. The van der Waals surface area contributed by atoms with E-state index in [4.69, 9.17) is 9.52 Å². The quantitative estimate of drug-likeness (QED) is 0.441. The van der Waals surface area contributed by atoms with Crippen LogP contribution in [0.4, 0.5) is 0 Å². The molecular formula is C23H33N2O4+. The number of nitrogens with zero attached hydrogens (tertiary/aromatic N) is 1. The Kier molecular flexibility index (Phi) is 8.02. The van der Waals surface area contributed by atoms with Gasteiger partial charge in [0.25, 0.3) is 5.91 Å². The van der Waals surface area contributed by atoms with Crippen LogP contribution in [0.5, 0.6) is 0 Å². The van der Waals surface area contributed by atoms with Gasteiger partial charge in [-0.2, -0.15) is 0 Å². The van der Waals surface area contributed by atoms with Gasteiger partial charge in [0.2, 0.25) is 0 Å². The van der Waals surface area contributed by atoms with Crippen LogP contribution in [0.15, 0.2) is 40.8 Å². The highest BCUT2D eigenvalue weighted by atomic mass is 16.4. The van der Waals surface area contributed by atoms with E-state index >= 15 is 0 Å². The molecule has 1 aromatic heterocycles. The molecule has 0 unspecified atom stereocenters. The predicted octanol–water partition coefficient (Wildman–Crippen LogP) is 3.96. The summed E-state index contributed by atoms with van der Waals surface area (Å²) in [5, 5.41) is 11.9. The van der Waals surface area contributed by atoms with Crippen LogP contribution in [0, 0.1) is 0 Å². The number of carboxylic acids is 1. The Bertz CT molecular complexity index is 803. The highest BCUT2D eigenvalue weighted by molar-refractivity contribution is 5.92. The van der Waals surface area contributed by atoms with E-state index in [1.807, 2.05) is 33.3 Å². The van der Waals surface area contributed by atoms with Crippen LogP contribution in [0.1, 0.15) is 48.7 Å². The van der Waals surface area contributed by atoms with Gasteiger partial charge >= 0.3 is 5.97 Å². The van der Waals surface area contributed by atoms with Gasteiger partial charge in [-0.15, -0.1) is 0 Å². The van der Waals surface area contributed by atoms with Gasteiger partial charge in [-0.05, 0) is 30.5 Å². The van der Waals surface area contributed by atoms with E-state index in [0.717, 1.165) is 12.0 Å². The number of aliphatic carboxylic acids is 1. The molecule has 0 aliphatic rings. The number of hydrogen-bond acceptors (Lipinski definition) is 3. The Balaban J connectivity index is 2.03. The lowest BCUT2D eigenvalue weighted by Gasteiger charge is -2.28. The van der Waals surface area contributed by atoms with Crippen LogP contribution < -0.4 is 5.32 Å². The van der Waals surface area contributed by atoms with E-state index in [-0.39, 0.29) is 12.2 Å². The first kappa shape index (κ1) is 22.7. The third kappa shape index (κ3) is 7.74. The Hall–Kier alpha value is -2.60. The van der Waals surface area contributed by atoms with Crippen LogP contribution >= 0.6 is 0 Å². The average Bonchev–Trinajstić information content (AvgIpc) is 3.11. The molecule has 0 fully saturated rings. The van der Waals surface area contributed by atoms with Crippen LogP contribution in [0.2, 0.25) is 0 Å². The molecule has 1 atom stereocenters. The summed E-state index contributed by atoms with van der Waals surface area (Å²) in [4.78, 5) is 23.7. The van der Waals surface area contributed by atoms with Crippen molar-refractivity contribution in [1.82, 2.24) is 5.32 Å². The highest BCUT2D eigenvalue weighted by Crippen LogP contribution is 2.23. The number of furan rings is 1. The second kappa shape index (κ2) is 10.3. The van der Waals surface area contributed by atoms with Gasteiger partial charge < -0.3 is 19.3 Å². The number of benzene rings is 1. The van der Waals surface area contributed by atoms with Crippen LogP contribution in [0.3, 0.4) is 0 Å². The molecule has 29 heavy (non-hydrogen) atoms. The summed E-state index contributed by atoms with van der Waals surface area (Å²) in [6, 6.07) is 11.1. The molecule has 0 saturated heterocycles. The second-order valence-electron chi connectivity index (χ2n) is 8.56. The van der Waals surface area contributed by atoms with Crippen molar-refractivity contribution in [3.8, 4) is 11.3 Å². The van der Waals surface area contributed by atoms with E-state index in [1.54, 1.807) is 12.1 Å². The zero-order chi connectivity index (χ0) is 21.4. The summed E-state index contributed by atoms with van der Waals surface area (Å²) < 4.78 is 6.29. The van der Waals surface area contributed by atoms with Crippen LogP contribution in [-0.2, 0) is 11.2 Å². The molecule has 0 aliphatic heterocycles. The van der Waals surface area contributed by atoms with E-state index in [0.29, 0.717) is 16.8 Å². The van der Waals surface area contributed by atoms with Gasteiger partial charge in [0.1, 0.15) is 5.76 Å². The number of carbonyl (C=O) groups excluding carboxylic acids is 1. The number of unbranched alkanes of at least 4 members (excludes halogenated alkanes) is 2. The molecule has 2 rings (SSSR count). The third-order valence-electron chi connectivity index (χ3n) is 4.66. The summed E-state index contributed by atoms with van der Waals surface area (Å²) in [6.07, 6.45) is 4.56. The Morgan fingerprint density at radius 3 is 2.34 bits per heavy atom. The largest absolute Gasteiger partial charge is 0.481 e. The molecule has 0 saturated carbocycles. The van der Waals surface area contributed by atoms with Crippen molar-refractivity contribution >= 4 is 11.9 Å². The number of quaternary nitrogens is 1. The minimum Gasteiger partial charge on any atom is -0.481 e. The number of likely N-dealkylation sites (N-methyl/N-ethyl adjacent to an activating group) is 1. The van der Waals surface area contributed by atoms with E-state index in [1.165, 1.54) is 24.8 Å². The van der Waals surface area contributed by atoms with Gasteiger partial charge in [-0.3, -0.25) is 9.59 Å². The normalized spacial score (nSPS) is 12.6. The van der Waals surface area contributed by atoms with Gasteiger partial charge in [-0.1, -0.05) is 44.0 Å². The third-order valence-corrected chi connectivity index (χ3v) is 4.66. The first-order valence-electron chi connectivity index (χ1n) is 10.2. The molecule has 6 nitrogen and oxygen atoms in total. The molecule has 2 aromatic rings. The number of nitrogens with one attached hydrogen (secondary N) is 1. The monoisotopic (exact) mass is 401 g/mol. The maximum atomic E-state index is 12.6. The SMILES string of the molecule is CCCCCc1ccc(-c2ccc(C(=O)N[C@H](CC(=O)O)C[N+](C)(C)C)o2)cc1. The van der Waals surface area contributed by atoms with Gasteiger partial charge in [-0.25, -0.2) is 0 Å². The fourth-order valence-electron chi connectivity index (χ4n) is 3.32. The summed E-state index contributed by atoms with van der Waals surface area (Å²) in [6.45, 7) is 2.70. The summed E-state index contributed by atoms with van der Waals surface area (Å²) in [5.41, 5.74) is 2.21. The molecule has 158 valence electrons. The van der Waals surface area contributed by atoms with Crippen molar-refractivity contribution in [2.24, 2.45) is 0 Å². The Morgan fingerprint density at radius 2 is 1.76 bits per heavy atom. The summed E-state index contributed by atoms with van der Waals surface area (Å²) in [7, 11) is 5.87. The number of hydrogen-bond donors (Lipinski definition) is 2. The second-order valence-corrected chi connectivity index (χ2v) is 8.56. The molecule has 6 heteroatoms. The minimum absolute atomic E-state index is 0.131. The van der Waals surface area contributed by atoms with Crippen LogP contribution in [-0.4, -0.2) is 55.2 Å². The van der Waals surface area contributed by atoms with Crippen molar-refractivity contribution in [2.45, 2.75) is 45.1 Å². The molecule has 0 radical (unpaired) electrons. The maximum absolute atomic E-state index is 12.6. The molecule has 0 bridgehead atoms. The smallest absolute Gasteiger partial charge is 0.305 e. The number of carboxylic acid groups (broad SMARTS) is 1. The summed E-state index contributed by atoms with van der Waals surface area (Å²) >= 11 is 0. The highest BCUT2D eigenvalue weighted by Gasteiger charge is 2.24. The zero-order valence-electron chi connectivity index (χ0n) is 17.9. The van der Waals surface area contributed by atoms with Crippen molar-refractivity contribution in [2.75, 3.05) is 27.7 Å². The maximum Gasteiger partial charge on any atom is 0.305 e. The van der Waals surface area contributed by atoms with Gasteiger partial charge in [0.05, 0.1) is 40.2 Å². The number of aryl methyl sites for hydroxylation is 1. The van der Waals surface area contributed by atoms with Gasteiger partial charge in [0.15, 0.2) is 5.76 Å². The topological polar surface area (TPSA) is 79.5 Å². The van der Waals surface area contributed by atoms with Crippen molar-refractivity contribution in [3.63, 3.8) is 0 Å². The van der Waals surface area contributed by atoms with Crippen LogP contribution in [0.25, 0.3) is 11.3 Å². The van der Waals surface area contributed by atoms with Crippen molar-refractivity contribution in [3.05, 3.63) is 47.7 Å². The number of carbonyl (C=O) groups is 2. The summed E-state index contributed by atoms with van der Waals surface area (Å²) in [5.74, 6) is -0.532. The zero-order valence-corrected chi connectivity index (χ0v) is 17.9. The Labute approximate surface area is 173 Å². The molecular weight excluding hydrogens is 368 g/mol. The molecule has 0 spiro atoms. The van der Waals surface area contributed by atoms with E-state index in [9.17, 15) is 9.59 Å². The van der Waals surface area contributed by atoms with Crippen molar-refractivity contribution in [1.29, 1.82) is 0 Å². The fraction of sp³-hybridized carbons (Fsp3) is 0.478. The minimum atomic E-state index is -0.942. The molecule has 1 aromatic carbocycles.